The SMILES string of the molecule is C/C(=N\NC(=O)COc1ccccc1F)c1ccc2c(c1)OCO2. The Bertz CT molecular complexity index is 792. The number of ether oxygens (including phenoxy) is 3. The van der Waals surface area contributed by atoms with E-state index in [0.29, 0.717) is 17.2 Å². The van der Waals surface area contributed by atoms with Crippen molar-refractivity contribution in [2.45, 2.75) is 6.92 Å². The second-order valence-electron chi connectivity index (χ2n) is 5.02. The molecule has 0 aliphatic carbocycles. The molecule has 1 amide bonds. The van der Waals surface area contributed by atoms with Crippen LogP contribution in [-0.2, 0) is 4.79 Å². The van der Waals surface area contributed by atoms with Crippen LogP contribution in [0.1, 0.15) is 12.5 Å². The third kappa shape index (κ3) is 3.62. The summed E-state index contributed by atoms with van der Waals surface area (Å²) in [5.74, 6) is 0.318. The highest BCUT2D eigenvalue weighted by molar-refractivity contribution is 5.99. The van der Waals surface area contributed by atoms with E-state index in [4.69, 9.17) is 14.2 Å². The van der Waals surface area contributed by atoms with Gasteiger partial charge in [0.2, 0.25) is 6.79 Å². The lowest BCUT2D eigenvalue weighted by molar-refractivity contribution is -0.123. The zero-order valence-electron chi connectivity index (χ0n) is 12.9. The molecular formula is C17H15FN2O4. The molecule has 0 saturated carbocycles. The van der Waals surface area contributed by atoms with Gasteiger partial charge in [0, 0.05) is 5.56 Å². The summed E-state index contributed by atoms with van der Waals surface area (Å²) < 4.78 is 29.0. The number of hydrazone groups is 1. The summed E-state index contributed by atoms with van der Waals surface area (Å²) in [4.78, 5) is 11.7. The van der Waals surface area contributed by atoms with Crippen LogP contribution in [-0.4, -0.2) is 25.0 Å². The van der Waals surface area contributed by atoms with Crippen molar-refractivity contribution in [2.24, 2.45) is 5.10 Å². The molecule has 1 aliphatic rings. The molecule has 0 fully saturated rings. The minimum absolute atomic E-state index is 0.0177. The number of carbonyl (C=O) groups excluding carboxylic acids is 1. The maximum absolute atomic E-state index is 13.4. The van der Waals surface area contributed by atoms with E-state index < -0.39 is 11.7 Å². The maximum Gasteiger partial charge on any atom is 0.277 e. The molecule has 0 atom stereocenters. The van der Waals surface area contributed by atoms with Crippen LogP contribution in [0.2, 0.25) is 0 Å². The molecule has 0 radical (unpaired) electrons. The van der Waals surface area contributed by atoms with E-state index in [0.717, 1.165) is 5.56 Å². The van der Waals surface area contributed by atoms with E-state index in [9.17, 15) is 9.18 Å². The number of nitrogens with zero attached hydrogens (tertiary/aromatic N) is 1. The van der Waals surface area contributed by atoms with Crippen LogP contribution in [0.25, 0.3) is 0 Å². The van der Waals surface area contributed by atoms with E-state index >= 15 is 0 Å². The van der Waals surface area contributed by atoms with Gasteiger partial charge >= 0.3 is 0 Å². The zero-order chi connectivity index (χ0) is 16.9. The molecule has 2 aromatic rings. The van der Waals surface area contributed by atoms with Crippen molar-refractivity contribution in [1.29, 1.82) is 0 Å². The van der Waals surface area contributed by atoms with Crippen molar-refractivity contribution in [3.8, 4) is 17.2 Å². The molecule has 0 saturated heterocycles. The molecule has 3 rings (SSSR count). The average Bonchev–Trinajstić information content (AvgIpc) is 3.06. The van der Waals surface area contributed by atoms with Crippen molar-refractivity contribution in [1.82, 2.24) is 5.43 Å². The van der Waals surface area contributed by atoms with Crippen LogP contribution in [0.3, 0.4) is 0 Å². The molecule has 1 heterocycles. The van der Waals surface area contributed by atoms with Crippen LogP contribution in [0.4, 0.5) is 4.39 Å². The Morgan fingerprint density at radius 3 is 2.88 bits per heavy atom. The smallest absolute Gasteiger partial charge is 0.277 e. The molecule has 2 aromatic carbocycles. The number of rotatable bonds is 5. The van der Waals surface area contributed by atoms with Gasteiger partial charge < -0.3 is 14.2 Å². The average molecular weight is 330 g/mol. The van der Waals surface area contributed by atoms with Gasteiger partial charge in [-0.15, -0.1) is 0 Å². The van der Waals surface area contributed by atoms with Crippen LogP contribution in [0, 0.1) is 5.82 Å². The Balaban J connectivity index is 1.56. The van der Waals surface area contributed by atoms with Gasteiger partial charge in [0.25, 0.3) is 5.91 Å². The van der Waals surface area contributed by atoms with Crippen molar-refractivity contribution >= 4 is 11.6 Å². The molecule has 7 heteroatoms. The fraction of sp³-hybridized carbons (Fsp3) is 0.176. The predicted molar refractivity (Wildman–Crippen MR) is 84.8 cm³/mol. The van der Waals surface area contributed by atoms with E-state index in [1.165, 1.54) is 12.1 Å². The summed E-state index contributed by atoms with van der Waals surface area (Å²) in [6.45, 7) is 1.60. The molecule has 24 heavy (non-hydrogen) atoms. The summed E-state index contributed by atoms with van der Waals surface area (Å²) in [5, 5.41) is 4.00. The highest BCUT2D eigenvalue weighted by Crippen LogP contribution is 2.32. The largest absolute Gasteiger partial charge is 0.481 e. The standard InChI is InChI=1S/C17H15FN2O4/c1-11(12-6-7-15-16(8-12)24-10-23-15)19-20-17(21)9-22-14-5-3-2-4-13(14)18/h2-8H,9-10H2,1H3,(H,20,21)/b19-11+. The van der Waals surface area contributed by atoms with Crippen LogP contribution in [0.15, 0.2) is 47.6 Å². The Morgan fingerprint density at radius 2 is 2.04 bits per heavy atom. The minimum Gasteiger partial charge on any atom is -0.481 e. The predicted octanol–water partition coefficient (Wildman–Crippen LogP) is 2.47. The second kappa shape index (κ2) is 6.99. The molecule has 1 N–H and O–H groups in total. The lowest BCUT2D eigenvalue weighted by Gasteiger charge is -2.06. The zero-order valence-corrected chi connectivity index (χ0v) is 12.9. The third-order valence-electron chi connectivity index (χ3n) is 3.33. The van der Waals surface area contributed by atoms with Gasteiger partial charge in [-0.3, -0.25) is 4.79 Å². The van der Waals surface area contributed by atoms with Gasteiger partial charge in [-0.2, -0.15) is 5.10 Å². The molecular weight excluding hydrogens is 315 g/mol. The normalized spacial score (nSPS) is 12.8. The Labute approximate surface area is 137 Å². The monoisotopic (exact) mass is 330 g/mol. The topological polar surface area (TPSA) is 69.2 Å². The lowest BCUT2D eigenvalue weighted by Crippen LogP contribution is -2.25. The summed E-state index contributed by atoms with van der Waals surface area (Å²) in [6, 6.07) is 11.2. The van der Waals surface area contributed by atoms with Crippen molar-refractivity contribution in [3.05, 3.63) is 53.8 Å². The number of hydrogen-bond acceptors (Lipinski definition) is 5. The summed E-state index contributed by atoms with van der Waals surface area (Å²) in [5.41, 5.74) is 3.74. The molecule has 0 spiro atoms. The number of nitrogens with one attached hydrogen (secondary N) is 1. The number of halogens is 1. The van der Waals surface area contributed by atoms with Gasteiger partial charge in [-0.05, 0) is 37.3 Å². The first-order valence-electron chi connectivity index (χ1n) is 7.24. The number of hydrogen-bond donors (Lipinski definition) is 1. The third-order valence-corrected chi connectivity index (χ3v) is 3.33. The van der Waals surface area contributed by atoms with Crippen LogP contribution < -0.4 is 19.6 Å². The second-order valence-corrected chi connectivity index (χ2v) is 5.02. The number of amides is 1. The van der Waals surface area contributed by atoms with Gasteiger partial charge in [-0.25, -0.2) is 9.82 Å². The summed E-state index contributed by atoms with van der Waals surface area (Å²) in [7, 11) is 0. The Hall–Kier alpha value is -3.09. The quantitative estimate of drug-likeness (QED) is 0.675. The number of benzene rings is 2. The van der Waals surface area contributed by atoms with Gasteiger partial charge in [0.15, 0.2) is 29.7 Å². The molecule has 0 bridgehead atoms. The molecule has 1 aliphatic heterocycles. The first kappa shape index (κ1) is 15.8. The maximum atomic E-state index is 13.4. The van der Waals surface area contributed by atoms with Gasteiger partial charge in [-0.1, -0.05) is 12.1 Å². The number of carbonyl (C=O) groups is 1. The fourth-order valence-corrected chi connectivity index (χ4v) is 2.07. The van der Waals surface area contributed by atoms with Crippen molar-refractivity contribution in [2.75, 3.05) is 13.4 Å². The van der Waals surface area contributed by atoms with Crippen molar-refractivity contribution in [3.63, 3.8) is 0 Å². The summed E-state index contributed by atoms with van der Waals surface area (Å²) in [6.07, 6.45) is 0. The highest BCUT2D eigenvalue weighted by atomic mass is 19.1. The number of fused-ring (bicyclic) bond motifs is 1. The molecule has 0 aromatic heterocycles. The molecule has 124 valence electrons. The van der Waals surface area contributed by atoms with Crippen LogP contribution >= 0.6 is 0 Å². The van der Waals surface area contributed by atoms with E-state index in [1.807, 2.05) is 6.07 Å². The van der Waals surface area contributed by atoms with Crippen molar-refractivity contribution < 1.29 is 23.4 Å². The van der Waals surface area contributed by atoms with Gasteiger partial charge in [0.05, 0.1) is 5.71 Å². The molecule has 0 unspecified atom stereocenters. The van der Waals surface area contributed by atoms with E-state index in [-0.39, 0.29) is 19.1 Å². The van der Waals surface area contributed by atoms with E-state index in [1.54, 1.807) is 31.2 Å². The summed E-state index contributed by atoms with van der Waals surface area (Å²) >= 11 is 0. The Kier molecular flexibility index (Phi) is 4.60. The first-order chi connectivity index (χ1) is 11.6. The van der Waals surface area contributed by atoms with Gasteiger partial charge in [0.1, 0.15) is 0 Å². The first-order valence-corrected chi connectivity index (χ1v) is 7.24. The number of para-hydroxylation sites is 1. The minimum atomic E-state index is -0.523. The fourth-order valence-electron chi connectivity index (χ4n) is 2.07. The van der Waals surface area contributed by atoms with E-state index in [2.05, 4.69) is 10.5 Å². The van der Waals surface area contributed by atoms with Crippen LogP contribution in [0.5, 0.6) is 17.2 Å². The Morgan fingerprint density at radius 1 is 1.25 bits per heavy atom. The highest BCUT2D eigenvalue weighted by Gasteiger charge is 2.14. The molecule has 6 nitrogen and oxygen atoms in total. The lowest BCUT2D eigenvalue weighted by atomic mass is 10.1.